The summed E-state index contributed by atoms with van der Waals surface area (Å²) in [4.78, 5) is 13.9. The lowest BCUT2D eigenvalue weighted by Crippen LogP contribution is -2.48. The van der Waals surface area contributed by atoms with E-state index in [0.717, 1.165) is 12.1 Å². The molecular weight excluding hydrogens is 228 g/mol. The summed E-state index contributed by atoms with van der Waals surface area (Å²) in [7, 11) is 1.82. The zero-order valence-electron chi connectivity index (χ0n) is 11.0. The highest BCUT2D eigenvalue weighted by Crippen LogP contribution is 2.09. The Kier molecular flexibility index (Phi) is 4.33. The number of hydrogen-bond acceptors (Lipinski definition) is 3. The van der Waals surface area contributed by atoms with E-state index in [2.05, 4.69) is 24.4 Å². The molecule has 1 aliphatic rings. The first-order chi connectivity index (χ1) is 8.66. The third-order valence-electron chi connectivity index (χ3n) is 3.08. The molecule has 1 fully saturated rings. The Morgan fingerprint density at radius 2 is 2.39 bits per heavy atom. The minimum Gasteiger partial charge on any atom is -0.366 e. The molecule has 0 aromatic heterocycles. The van der Waals surface area contributed by atoms with Crippen LogP contribution >= 0.6 is 0 Å². The van der Waals surface area contributed by atoms with E-state index in [4.69, 9.17) is 4.74 Å². The first-order valence-corrected chi connectivity index (χ1v) is 6.29. The fraction of sp³-hybridized carbons (Fsp3) is 0.500. The number of morpholine rings is 1. The molecule has 0 spiro atoms. The maximum Gasteiger partial charge on any atom is 0.253 e. The van der Waals surface area contributed by atoms with E-state index < -0.39 is 0 Å². The lowest BCUT2D eigenvalue weighted by molar-refractivity contribution is -0.144. The van der Waals surface area contributed by atoms with Gasteiger partial charge in [0.15, 0.2) is 0 Å². The third-order valence-corrected chi connectivity index (χ3v) is 3.08. The van der Waals surface area contributed by atoms with Crippen molar-refractivity contribution in [1.29, 1.82) is 0 Å². The molecule has 18 heavy (non-hydrogen) atoms. The summed E-state index contributed by atoms with van der Waals surface area (Å²) in [6, 6.07) is 8.21. The standard InChI is InChI=1S/C14H20N2O2/c1-11-4-3-5-12(8-11)10-16(2)14(17)13-9-15-6-7-18-13/h3-5,8,13,15H,6-7,9-10H2,1-2H3. The lowest BCUT2D eigenvalue weighted by atomic mass is 10.1. The highest BCUT2D eigenvalue weighted by atomic mass is 16.5. The van der Waals surface area contributed by atoms with Crippen molar-refractivity contribution in [2.45, 2.75) is 19.6 Å². The number of likely N-dealkylation sites (N-methyl/N-ethyl adjacent to an activating group) is 1. The minimum absolute atomic E-state index is 0.0451. The molecule has 2 rings (SSSR count). The third kappa shape index (κ3) is 3.31. The number of rotatable bonds is 3. The molecule has 1 aromatic carbocycles. The Balaban J connectivity index is 1.94. The van der Waals surface area contributed by atoms with Gasteiger partial charge < -0.3 is 15.0 Å². The number of hydrogen-bond donors (Lipinski definition) is 1. The second-order valence-corrected chi connectivity index (χ2v) is 4.75. The van der Waals surface area contributed by atoms with E-state index in [1.165, 1.54) is 5.56 Å². The molecule has 0 bridgehead atoms. The van der Waals surface area contributed by atoms with Crippen molar-refractivity contribution in [3.8, 4) is 0 Å². The highest BCUT2D eigenvalue weighted by Gasteiger charge is 2.24. The highest BCUT2D eigenvalue weighted by molar-refractivity contribution is 5.81. The molecule has 4 nitrogen and oxygen atoms in total. The van der Waals surface area contributed by atoms with Crippen LogP contribution in [0.3, 0.4) is 0 Å². The van der Waals surface area contributed by atoms with Crippen LogP contribution in [0.15, 0.2) is 24.3 Å². The van der Waals surface area contributed by atoms with Crippen LogP contribution in [0.2, 0.25) is 0 Å². The molecule has 1 amide bonds. The average Bonchev–Trinajstić information content (AvgIpc) is 2.39. The van der Waals surface area contributed by atoms with Gasteiger partial charge in [0, 0.05) is 26.7 Å². The summed E-state index contributed by atoms with van der Waals surface area (Å²) >= 11 is 0. The summed E-state index contributed by atoms with van der Waals surface area (Å²) in [5.74, 6) is 0.0451. The summed E-state index contributed by atoms with van der Waals surface area (Å²) < 4.78 is 5.47. The van der Waals surface area contributed by atoms with Gasteiger partial charge >= 0.3 is 0 Å². The number of carbonyl (C=O) groups excluding carboxylic acids is 1. The summed E-state index contributed by atoms with van der Waals surface area (Å²) in [6.45, 7) is 4.72. The van der Waals surface area contributed by atoms with E-state index in [-0.39, 0.29) is 12.0 Å². The smallest absolute Gasteiger partial charge is 0.253 e. The zero-order chi connectivity index (χ0) is 13.0. The molecule has 98 valence electrons. The average molecular weight is 248 g/mol. The SMILES string of the molecule is Cc1cccc(CN(C)C(=O)C2CNCCO2)c1. The van der Waals surface area contributed by atoms with Crippen LogP contribution in [0, 0.1) is 6.92 Å². The molecule has 1 saturated heterocycles. The van der Waals surface area contributed by atoms with Crippen molar-refractivity contribution in [2.24, 2.45) is 0 Å². The fourth-order valence-electron chi connectivity index (χ4n) is 2.13. The van der Waals surface area contributed by atoms with Crippen LogP contribution in [0.1, 0.15) is 11.1 Å². The van der Waals surface area contributed by atoms with E-state index in [0.29, 0.717) is 19.7 Å². The van der Waals surface area contributed by atoms with Crippen molar-refractivity contribution < 1.29 is 9.53 Å². The number of carbonyl (C=O) groups is 1. The van der Waals surface area contributed by atoms with Gasteiger partial charge in [0.25, 0.3) is 5.91 Å². The number of nitrogens with zero attached hydrogens (tertiary/aromatic N) is 1. The number of aryl methyl sites for hydroxylation is 1. The van der Waals surface area contributed by atoms with Gasteiger partial charge in [-0.2, -0.15) is 0 Å². The quantitative estimate of drug-likeness (QED) is 0.865. The number of ether oxygens (including phenoxy) is 1. The second kappa shape index (κ2) is 5.98. The van der Waals surface area contributed by atoms with Crippen LogP contribution < -0.4 is 5.32 Å². The molecule has 0 radical (unpaired) electrons. The van der Waals surface area contributed by atoms with E-state index in [1.807, 2.05) is 19.2 Å². The van der Waals surface area contributed by atoms with Crippen LogP contribution in [0.4, 0.5) is 0 Å². The molecule has 1 aromatic rings. The molecule has 0 aliphatic carbocycles. The summed E-state index contributed by atoms with van der Waals surface area (Å²) in [5.41, 5.74) is 2.36. The van der Waals surface area contributed by atoms with Gasteiger partial charge in [-0.3, -0.25) is 4.79 Å². The lowest BCUT2D eigenvalue weighted by Gasteiger charge is -2.27. The van der Waals surface area contributed by atoms with Crippen molar-refractivity contribution in [3.05, 3.63) is 35.4 Å². The number of amides is 1. The van der Waals surface area contributed by atoms with Crippen molar-refractivity contribution in [3.63, 3.8) is 0 Å². The molecule has 0 saturated carbocycles. The maximum absolute atomic E-state index is 12.1. The topological polar surface area (TPSA) is 41.6 Å². The number of nitrogens with one attached hydrogen (secondary N) is 1. The predicted molar refractivity (Wildman–Crippen MR) is 70.3 cm³/mol. The first-order valence-electron chi connectivity index (χ1n) is 6.29. The van der Waals surface area contributed by atoms with Gasteiger partial charge in [-0.1, -0.05) is 29.8 Å². The summed E-state index contributed by atoms with van der Waals surface area (Å²) in [6.07, 6.45) is -0.339. The van der Waals surface area contributed by atoms with E-state index >= 15 is 0 Å². The largest absolute Gasteiger partial charge is 0.366 e. The molecule has 4 heteroatoms. The maximum atomic E-state index is 12.1. The Morgan fingerprint density at radius 1 is 1.56 bits per heavy atom. The molecular formula is C14H20N2O2. The molecule has 1 N–H and O–H groups in total. The Labute approximate surface area is 108 Å². The van der Waals surface area contributed by atoms with Crippen molar-refractivity contribution in [1.82, 2.24) is 10.2 Å². The second-order valence-electron chi connectivity index (χ2n) is 4.75. The molecule has 1 heterocycles. The Bertz CT molecular complexity index is 414. The van der Waals surface area contributed by atoms with Crippen molar-refractivity contribution in [2.75, 3.05) is 26.7 Å². The Hall–Kier alpha value is -1.39. The molecule has 1 unspecified atom stereocenters. The van der Waals surface area contributed by atoms with Gasteiger partial charge in [-0.25, -0.2) is 0 Å². The van der Waals surface area contributed by atoms with Crippen LogP contribution in [-0.4, -0.2) is 43.7 Å². The van der Waals surface area contributed by atoms with Gasteiger partial charge in [0.05, 0.1) is 6.61 Å². The first kappa shape index (κ1) is 13.1. The minimum atomic E-state index is -0.339. The van der Waals surface area contributed by atoms with Gasteiger partial charge in [0.2, 0.25) is 0 Å². The number of benzene rings is 1. The predicted octanol–water partition coefficient (Wildman–Crippen LogP) is 0.942. The van der Waals surface area contributed by atoms with E-state index in [1.54, 1.807) is 4.90 Å². The zero-order valence-corrected chi connectivity index (χ0v) is 11.0. The summed E-state index contributed by atoms with van der Waals surface area (Å²) in [5, 5.41) is 3.17. The Morgan fingerprint density at radius 3 is 3.06 bits per heavy atom. The monoisotopic (exact) mass is 248 g/mol. The fourth-order valence-corrected chi connectivity index (χ4v) is 2.13. The van der Waals surface area contributed by atoms with Crippen LogP contribution in [0.25, 0.3) is 0 Å². The molecule has 1 aliphatic heterocycles. The van der Waals surface area contributed by atoms with Gasteiger partial charge in [-0.15, -0.1) is 0 Å². The van der Waals surface area contributed by atoms with Gasteiger partial charge in [0.1, 0.15) is 6.10 Å². The normalized spacial score (nSPS) is 19.6. The van der Waals surface area contributed by atoms with Crippen LogP contribution in [0.5, 0.6) is 0 Å². The van der Waals surface area contributed by atoms with E-state index in [9.17, 15) is 4.79 Å². The molecule has 1 atom stereocenters. The van der Waals surface area contributed by atoms with Gasteiger partial charge in [-0.05, 0) is 12.5 Å². The van der Waals surface area contributed by atoms with Crippen LogP contribution in [-0.2, 0) is 16.1 Å². The van der Waals surface area contributed by atoms with Crippen molar-refractivity contribution >= 4 is 5.91 Å².